The highest BCUT2D eigenvalue weighted by molar-refractivity contribution is 5.92. The number of benzene rings is 1. The molecule has 1 saturated heterocycles. The lowest BCUT2D eigenvalue weighted by molar-refractivity contribution is 0.115. The Morgan fingerprint density at radius 1 is 1.13 bits per heavy atom. The minimum atomic E-state index is -0.424. The summed E-state index contributed by atoms with van der Waals surface area (Å²) < 4.78 is 0. The van der Waals surface area contributed by atoms with Crippen LogP contribution >= 0.6 is 0 Å². The molecule has 126 valence electrons. The molecule has 1 atom stereocenters. The van der Waals surface area contributed by atoms with Crippen molar-refractivity contribution in [1.29, 1.82) is 0 Å². The van der Waals surface area contributed by atoms with Gasteiger partial charge in [-0.25, -0.2) is 4.98 Å². The molecule has 0 amide bonds. The number of aliphatic hydroxyl groups excluding tert-OH is 1. The molecule has 5 heteroatoms. The molecule has 2 aromatic rings. The first-order valence-corrected chi connectivity index (χ1v) is 8.47. The van der Waals surface area contributed by atoms with E-state index in [0.717, 1.165) is 32.0 Å². The molecular formula is C18H28N4O. The van der Waals surface area contributed by atoms with E-state index >= 15 is 0 Å². The van der Waals surface area contributed by atoms with Crippen LogP contribution in [0.1, 0.15) is 13.8 Å². The largest absolute Gasteiger partial charge is 0.390 e. The Balaban J connectivity index is 0.000000924. The first-order chi connectivity index (χ1) is 11.3. The second-order valence-corrected chi connectivity index (χ2v) is 5.53. The maximum absolute atomic E-state index is 9.64. The summed E-state index contributed by atoms with van der Waals surface area (Å²) in [5.41, 5.74) is 5.47. The van der Waals surface area contributed by atoms with E-state index in [1.54, 1.807) is 0 Å². The van der Waals surface area contributed by atoms with E-state index in [2.05, 4.69) is 39.0 Å². The highest BCUT2D eigenvalue weighted by atomic mass is 16.3. The van der Waals surface area contributed by atoms with Crippen molar-refractivity contribution in [3.8, 4) is 0 Å². The molecule has 5 nitrogen and oxygen atoms in total. The average molecular weight is 316 g/mol. The van der Waals surface area contributed by atoms with E-state index in [-0.39, 0.29) is 0 Å². The van der Waals surface area contributed by atoms with Crippen LogP contribution in [0, 0.1) is 0 Å². The van der Waals surface area contributed by atoms with Gasteiger partial charge >= 0.3 is 0 Å². The number of pyridine rings is 1. The molecule has 0 bridgehead atoms. The minimum Gasteiger partial charge on any atom is -0.390 e. The third-order valence-electron chi connectivity index (χ3n) is 4.07. The molecule has 1 fully saturated rings. The molecule has 2 heterocycles. The zero-order chi connectivity index (χ0) is 16.7. The number of fused-ring (bicyclic) bond motifs is 1. The van der Waals surface area contributed by atoms with Crippen molar-refractivity contribution < 1.29 is 5.11 Å². The van der Waals surface area contributed by atoms with Crippen molar-refractivity contribution in [3.63, 3.8) is 0 Å². The fraction of sp³-hybridized carbons (Fsp3) is 0.500. The summed E-state index contributed by atoms with van der Waals surface area (Å²) in [5.74, 6) is 1.06. The number of hydrogen-bond acceptors (Lipinski definition) is 5. The van der Waals surface area contributed by atoms with Crippen LogP contribution in [0.3, 0.4) is 0 Å². The summed E-state index contributed by atoms with van der Waals surface area (Å²) in [4.78, 5) is 9.16. The summed E-state index contributed by atoms with van der Waals surface area (Å²) in [6, 6.07) is 10.4. The van der Waals surface area contributed by atoms with Crippen molar-refractivity contribution in [2.24, 2.45) is 5.73 Å². The van der Waals surface area contributed by atoms with Crippen molar-refractivity contribution in [3.05, 3.63) is 36.5 Å². The van der Waals surface area contributed by atoms with Gasteiger partial charge in [0.25, 0.3) is 0 Å². The van der Waals surface area contributed by atoms with Gasteiger partial charge in [-0.05, 0) is 11.5 Å². The molecule has 1 aromatic heterocycles. The van der Waals surface area contributed by atoms with Crippen molar-refractivity contribution in [1.82, 2.24) is 9.88 Å². The summed E-state index contributed by atoms with van der Waals surface area (Å²) in [7, 11) is 0. The molecule has 0 saturated carbocycles. The van der Waals surface area contributed by atoms with Gasteiger partial charge in [0.15, 0.2) is 0 Å². The predicted molar refractivity (Wildman–Crippen MR) is 96.8 cm³/mol. The quantitative estimate of drug-likeness (QED) is 0.899. The van der Waals surface area contributed by atoms with Gasteiger partial charge in [0.05, 0.1) is 6.10 Å². The van der Waals surface area contributed by atoms with Gasteiger partial charge in [0, 0.05) is 50.9 Å². The van der Waals surface area contributed by atoms with Crippen molar-refractivity contribution in [2.45, 2.75) is 20.0 Å². The summed E-state index contributed by atoms with van der Waals surface area (Å²) in [6.07, 6.45) is 1.45. The van der Waals surface area contributed by atoms with Crippen LogP contribution in [0.15, 0.2) is 36.5 Å². The van der Waals surface area contributed by atoms with Gasteiger partial charge in [-0.1, -0.05) is 38.1 Å². The summed E-state index contributed by atoms with van der Waals surface area (Å²) in [6.45, 7) is 8.71. The van der Waals surface area contributed by atoms with E-state index in [9.17, 15) is 5.11 Å². The molecule has 23 heavy (non-hydrogen) atoms. The van der Waals surface area contributed by atoms with Crippen LogP contribution in [-0.2, 0) is 0 Å². The molecule has 1 aliphatic heterocycles. The number of aromatic nitrogens is 1. The molecule has 0 spiro atoms. The second-order valence-electron chi connectivity index (χ2n) is 5.53. The molecule has 0 radical (unpaired) electrons. The highest BCUT2D eigenvalue weighted by Gasteiger charge is 2.20. The molecule has 3 rings (SSSR count). The topological polar surface area (TPSA) is 65.6 Å². The second kappa shape index (κ2) is 8.82. The van der Waals surface area contributed by atoms with E-state index < -0.39 is 6.10 Å². The van der Waals surface area contributed by atoms with Crippen LogP contribution in [0.4, 0.5) is 5.82 Å². The van der Waals surface area contributed by atoms with Gasteiger partial charge < -0.3 is 15.7 Å². The standard InChI is InChI=1S/C16H22N4O.C2H6/c17-11-14(21)12-19-7-9-20(10-8-19)16-15-4-2-1-3-13(15)5-6-18-16;1-2/h1-6,14,21H,7-12,17H2;1-2H3. The molecular weight excluding hydrogens is 288 g/mol. The van der Waals surface area contributed by atoms with Gasteiger partial charge in [-0.2, -0.15) is 0 Å². The number of β-amino-alcohol motifs (C(OH)–C–C–N with tert-alkyl or cyclic N) is 1. The number of rotatable bonds is 4. The van der Waals surface area contributed by atoms with E-state index in [4.69, 9.17) is 5.73 Å². The molecule has 1 aliphatic rings. The van der Waals surface area contributed by atoms with Gasteiger partial charge in [0.2, 0.25) is 0 Å². The lowest BCUT2D eigenvalue weighted by atomic mass is 10.1. The maximum Gasteiger partial charge on any atom is 0.136 e. The first kappa shape index (κ1) is 17.7. The molecule has 1 aromatic carbocycles. The minimum absolute atomic E-state index is 0.324. The normalized spacial score (nSPS) is 16.8. The first-order valence-electron chi connectivity index (χ1n) is 8.47. The van der Waals surface area contributed by atoms with Crippen LogP contribution in [0.2, 0.25) is 0 Å². The van der Waals surface area contributed by atoms with Crippen LogP contribution < -0.4 is 10.6 Å². The predicted octanol–water partition coefficient (Wildman–Crippen LogP) is 1.70. The fourth-order valence-electron chi connectivity index (χ4n) is 2.87. The third kappa shape index (κ3) is 4.41. The average Bonchev–Trinajstić information content (AvgIpc) is 2.63. The highest BCUT2D eigenvalue weighted by Crippen LogP contribution is 2.24. The Morgan fingerprint density at radius 3 is 2.52 bits per heavy atom. The van der Waals surface area contributed by atoms with Crippen molar-refractivity contribution >= 4 is 16.6 Å². The Labute approximate surface area is 138 Å². The van der Waals surface area contributed by atoms with Gasteiger partial charge in [-0.3, -0.25) is 4.90 Å². The SMILES string of the molecule is CC.NCC(O)CN1CCN(c2nccc3ccccc23)CC1. The fourth-order valence-corrected chi connectivity index (χ4v) is 2.87. The third-order valence-corrected chi connectivity index (χ3v) is 4.07. The Kier molecular flexibility index (Phi) is 6.77. The van der Waals surface area contributed by atoms with E-state index in [1.807, 2.05) is 26.1 Å². The smallest absolute Gasteiger partial charge is 0.136 e. The number of piperazine rings is 1. The number of nitrogens with two attached hydrogens (primary N) is 1. The van der Waals surface area contributed by atoms with Crippen molar-refractivity contribution in [2.75, 3.05) is 44.2 Å². The Morgan fingerprint density at radius 2 is 1.83 bits per heavy atom. The summed E-state index contributed by atoms with van der Waals surface area (Å²) >= 11 is 0. The monoisotopic (exact) mass is 316 g/mol. The zero-order valence-electron chi connectivity index (χ0n) is 14.2. The number of nitrogens with zero attached hydrogens (tertiary/aromatic N) is 3. The van der Waals surface area contributed by atoms with E-state index in [1.165, 1.54) is 10.8 Å². The Bertz CT molecular complexity index is 591. The van der Waals surface area contributed by atoms with Gasteiger partial charge in [0.1, 0.15) is 5.82 Å². The lowest BCUT2D eigenvalue weighted by Crippen LogP contribution is -2.49. The van der Waals surface area contributed by atoms with Crippen LogP contribution in [-0.4, -0.2) is 60.4 Å². The molecule has 1 unspecified atom stereocenters. The number of hydrogen-bond donors (Lipinski definition) is 2. The summed E-state index contributed by atoms with van der Waals surface area (Å²) in [5, 5.41) is 12.1. The number of aliphatic hydroxyl groups is 1. The Hall–Kier alpha value is -1.69. The molecule has 0 aliphatic carbocycles. The zero-order valence-corrected chi connectivity index (χ0v) is 14.2. The van der Waals surface area contributed by atoms with E-state index in [0.29, 0.717) is 13.1 Å². The van der Waals surface area contributed by atoms with Crippen LogP contribution in [0.25, 0.3) is 10.8 Å². The van der Waals surface area contributed by atoms with Crippen LogP contribution in [0.5, 0.6) is 0 Å². The maximum atomic E-state index is 9.64. The molecule has 3 N–H and O–H groups in total. The lowest BCUT2D eigenvalue weighted by Gasteiger charge is -2.36. The number of anilines is 1. The van der Waals surface area contributed by atoms with Gasteiger partial charge in [-0.15, -0.1) is 0 Å².